The predicted octanol–water partition coefficient (Wildman–Crippen LogP) is 5.71. The Labute approximate surface area is 253 Å². The summed E-state index contributed by atoms with van der Waals surface area (Å²) >= 11 is 8.77. The number of ether oxygens (including phenoxy) is 2. The summed E-state index contributed by atoms with van der Waals surface area (Å²) in [6, 6.07) is 18.3. The molecule has 3 N–H and O–H groups in total. The molecule has 4 rings (SSSR count). The van der Waals surface area contributed by atoms with Crippen molar-refractivity contribution in [3.8, 4) is 39.6 Å². The van der Waals surface area contributed by atoms with Crippen LogP contribution in [0.15, 0.2) is 71.1 Å². The monoisotopic (exact) mass is 617 g/mol. The van der Waals surface area contributed by atoms with Crippen molar-refractivity contribution in [2.24, 2.45) is 0 Å². The third-order valence-corrected chi connectivity index (χ3v) is 7.72. The second-order valence-electron chi connectivity index (χ2n) is 8.30. The fourth-order valence-electron chi connectivity index (χ4n) is 3.64. The molecule has 0 radical (unpaired) electrons. The zero-order chi connectivity index (χ0) is 30.1. The average Bonchev–Trinajstić information content (AvgIpc) is 3.46. The molecule has 4 aromatic rings. The fourth-order valence-corrected chi connectivity index (χ4v) is 5.58. The summed E-state index contributed by atoms with van der Waals surface area (Å²) in [7, 11) is 0. The average molecular weight is 618 g/mol. The van der Waals surface area contributed by atoms with E-state index in [2.05, 4.69) is 22.1 Å². The van der Waals surface area contributed by atoms with Crippen LogP contribution in [0.4, 0.5) is 5.82 Å². The number of thioether (sulfide) groups is 1. The van der Waals surface area contributed by atoms with Crippen LogP contribution >= 0.6 is 34.7 Å². The summed E-state index contributed by atoms with van der Waals surface area (Å²) in [5.41, 5.74) is 9.12. The highest BCUT2D eigenvalue weighted by Crippen LogP contribution is 2.37. The smallest absolute Gasteiger partial charge is 0.331 e. The number of esters is 1. The molecule has 0 aliphatic rings. The molecule has 210 valence electrons. The first-order valence-electron chi connectivity index (χ1n) is 12.1. The number of carbonyl (C=O) groups is 2. The molecule has 0 bridgehead atoms. The highest BCUT2D eigenvalue weighted by atomic mass is 35.5. The lowest BCUT2D eigenvalue weighted by Gasteiger charge is -2.13. The van der Waals surface area contributed by atoms with Gasteiger partial charge in [0.1, 0.15) is 52.5 Å². The summed E-state index contributed by atoms with van der Waals surface area (Å²) in [6.07, 6.45) is 1.49. The van der Waals surface area contributed by atoms with Gasteiger partial charge in [0, 0.05) is 39.4 Å². The molecular formula is C29H20ClN5O5S2. The molecule has 2 aromatic carbocycles. The van der Waals surface area contributed by atoms with E-state index in [1.165, 1.54) is 23.1 Å². The van der Waals surface area contributed by atoms with Gasteiger partial charge in [-0.2, -0.15) is 10.5 Å². The van der Waals surface area contributed by atoms with E-state index in [0.29, 0.717) is 38.8 Å². The van der Waals surface area contributed by atoms with Gasteiger partial charge in [0.15, 0.2) is 0 Å². The summed E-state index contributed by atoms with van der Waals surface area (Å²) in [4.78, 5) is 30.9. The van der Waals surface area contributed by atoms with E-state index >= 15 is 0 Å². The van der Waals surface area contributed by atoms with Crippen molar-refractivity contribution in [2.75, 3.05) is 18.9 Å². The van der Waals surface area contributed by atoms with Crippen LogP contribution in [0.5, 0.6) is 5.75 Å². The maximum absolute atomic E-state index is 11.4. The molecule has 2 heterocycles. The van der Waals surface area contributed by atoms with Crippen molar-refractivity contribution in [3.05, 3.63) is 87.9 Å². The molecule has 0 amide bonds. The number of rotatable bonds is 11. The number of hydrogen-bond acceptors (Lipinski definition) is 11. The molecule has 0 fully saturated rings. The minimum atomic E-state index is -1.26. The van der Waals surface area contributed by atoms with Gasteiger partial charge in [-0.25, -0.2) is 19.6 Å². The molecule has 0 atom stereocenters. The van der Waals surface area contributed by atoms with Gasteiger partial charge in [-0.15, -0.1) is 11.3 Å². The van der Waals surface area contributed by atoms with Gasteiger partial charge in [-0.05, 0) is 29.8 Å². The van der Waals surface area contributed by atoms with E-state index in [9.17, 15) is 20.1 Å². The maximum Gasteiger partial charge on any atom is 0.331 e. The molecule has 2 aromatic heterocycles. The minimum absolute atomic E-state index is 0.00761. The number of nitrogens with zero attached hydrogens (tertiary/aromatic N) is 4. The number of pyridine rings is 1. The highest BCUT2D eigenvalue weighted by Gasteiger charge is 2.21. The first-order chi connectivity index (χ1) is 20.3. The van der Waals surface area contributed by atoms with Gasteiger partial charge >= 0.3 is 11.9 Å². The lowest BCUT2D eigenvalue weighted by atomic mass is 9.97. The molecule has 0 unspecified atom stereocenters. The quantitative estimate of drug-likeness (QED) is 0.0913. The number of anilines is 1. The van der Waals surface area contributed by atoms with Crippen LogP contribution < -0.4 is 10.5 Å². The number of carboxylic acid groups (broad SMARTS) is 1. The number of aromatic nitrogens is 2. The summed E-state index contributed by atoms with van der Waals surface area (Å²) in [6.45, 7) is -0.0679. The van der Waals surface area contributed by atoms with Gasteiger partial charge < -0.3 is 20.3 Å². The van der Waals surface area contributed by atoms with Crippen LogP contribution in [-0.4, -0.2) is 40.2 Å². The lowest BCUT2D eigenvalue weighted by molar-refractivity contribution is -0.139. The standard InChI is InChI=1S/C29H20ClN5O5S2/c30-19-5-1-18(2-6-19)28-34-20(15-41-28)16-42-29-23(14-32)26(22(13-31)27(33)35-29)17-3-7-21(8-4-17)39-11-12-40-25(38)10-9-24(36)37/h1-10,15H,11-12,16H2,(H2,33,35)(H,36,37)/b10-9-. The van der Waals surface area contributed by atoms with Crippen molar-refractivity contribution in [3.63, 3.8) is 0 Å². The van der Waals surface area contributed by atoms with Crippen LogP contribution in [0.1, 0.15) is 16.8 Å². The van der Waals surface area contributed by atoms with Gasteiger partial charge in [0.2, 0.25) is 0 Å². The highest BCUT2D eigenvalue weighted by molar-refractivity contribution is 7.98. The Bertz CT molecular complexity index is 1730. The number of carboxylic acids is 1. The number of nitrogens with two attached hydrogens (primary N) is 1. The summed E-state index contributed by atoms with van der Waals surface area (Å²) in [5.74, 6) is -1.17. The van der Waals surface area contributed by atoms with Crippen molar-refractivity contribution in [1.29, 1.82) is 10.5 Å². The van der Waals surface area contributed by atoms with Crippen molar-refractivity contribution < 1.29 is 24.2 Å². The molecule has 13 heteroatoms. The third kappa shape index (κ3) is 7.65. The van der Waals surface area contributed by atoms with Crippen LogP contribution in [-0.2, 0) is 20.1 Å². The minimum Gasteiger partial charge on any atom is -0.490 e. The number of carbonyl (C=O) groups excluding carboxylic acids is 1. The first-order valence-corrected chi connectivity index (χ1v) is 14.3. The molecule has 0 saturated carbocycles. The Morgan fingerprint density at radius 1 is 1.00 bits per heavy atom. The van der Waals surface area contributed by atoms with Crippen molar-refractivity contribution in [1.82, 2.24) is 9.97 Å². The maximum atomic E-state index is 11.4. The Morgan fingerprint density at radius 3 is 2.36 bits per heavy atom. The van der Waals surface area contributed by atoms with Crippen LogP contribution in [0.3, 0.4) is 0 Å². The summed E-state index contributed by atoms with van der Waals surface area (Å²) < 4.78 is 10.4. The van der Waals surface area contributed by atoms with Gasteiger partial charge in [-0.1, -0.05) is 47.6 Å². The molecule has 42 heavy (non-hydrogen) atoms. The Hall–Kier alpha value is -4.88. The Kier molecular flexibility index (Phi) is 10.1. The lowest BCUT2D eigenvalue weighted by Crippen LogP contribution is -2.10. The molecule has 10 nitrogen and oxygen atoms in total. The van der Waals surface area contributed by atoms with Crippen LogP contribution in [0.25, 0.3) is 21.7 Å². The van der Waals surface area contributed by atoms with Gasteiger partial charge in [-0.3, -0.25) is 0 Å². The molecular weight excluding hydrogens is 598 g/mol. The van der Waals surface area contributed by atoms with Gasteiger partial charge in [0.05, 0.1) is 11.3 Å². The normalized spacial score (nSPS) is 10.6. The van der Waals surface area contributed by atoms with E-state index in [0.717, 1.165) is 22.3 Å². The number of nitriles is 2. The van der Waals surface area contributed by atoms with Crippen LogP contribution in [0.2, 0.25) is 5.02 Å². The topological polar surface area (TPSA) is 172 Å². The number of aliphatic carboxylic acids is 1. The first kappa shape index (κ1) is 30.1. The number of halogens is 1. The van der Waals surface area contributed by atoms with Crippen LogP contribution in [0, 0.1) is 22.7 Å². The van der Waals surface area contributed by atoms with E-state index in [1.54, 1.807) is 36.4 Å². The predicted molar refractivity (Wildman–Crippen MR) is 159 cm³/mol. The Balaban J connectivity index is 1.48. The second kappa shape index (κ2) is 14.1. The zero-order valence-corrected chi connectivity index (χ0v) is 24.0. The molecule has 0 saturated heterocycles. The third-order valence-electron chi connectivity index (χ3n) is 5.52. The number of thiazole rings is 1. The van der Waals surface area contributed by atoms with E-state index < -0.39 is 11.9 Å². The molecule has 0 aliphatic heterocycles. The summed E-state index contributed by atoms with van der Waals surface area (Å²) in [5, 5.41) is 32.2. The molecule has 0 aliphatic carbocycles. The number of nitrogen functional groups attached to an aromatic ring is 1. The SMILES string of the molecule is N#Cc1c(N)nc(SCc2csc(-c3ccc(Cl)cc3)n2)c(C#N)c1-c1ccc(OCCOC(=O)/C=C\C(=O)O)cc1. The largest absolute Gasteiger partial charge is 0.490 e. The molecule has 0 spiro atoms. The zero-order valence-electron chi connectivity index (χ0n) is 21.6. The van der Waals surface area contributed by atoms with Crippen molar-refractivity contribution >= 4 is 52.5 Å². The second-order valence-corrected chi connectivity index (χ2v) is 10.6. The Morgan fingerprint density at radius 2 is 1.69 bits per heavy atom. The van der Waals surface area contributed by atoms with E-state index in [1.807, 2.05) is 17.5 Å². The van der Waals surface area contributed by atoms with E-state index in [-0.39, 0.29) is 30.2 Å². The van der Waals surface area contributed by atoms with Crippen molar-refractivity contribution in [2.45, 2.75) is 10.8 Å². The number of hydrogen-bond donors (Lipinski definition) is 2. The van der Waals surface area contributed by atoms with E-state index in [4.69, 9.17) is 31.9 Å². The van der Waals surface area contributed by atoms with Gasteiger partial charge in [0.25, 0.3) is 0 Å². The fraction of sp³-hybridized carbons (Fsp3) is 0.103. The number of benzene rings is 2.